The molecule has 0 spiro atoms. The standard InChI is InChI=1S/C33H42O9/c1-5-9-17-39-30(35)25-15-13-23(21-27(25)32(37)41-19-11-7-3)29(34)24-14-16-26(31(36)40-18-10-6-2)28(22-24)33(38)42-20-12-8-4/h13-16,21-22H,5-12,17-20H2,1-4H3. The lowest BCUT2D eigenvalue weighted by atomic mass is 9.95. The fourth-order valence-corrected chi connectivity index (χ4v) is 3.78. The molecule has 0 aliphatic heterocycles. The fourth-order valence-electron chi connectivity index (χ4n) is 3.78. The van der Waals surface area contributed by atoms with E-state index in [9.17, 15) is 24.0 Å². The summed E-state index contributed by atoms with van der Waals surface area (Å²) in [5, 5.41) is 0. The van der Waals surface area contributed by atoms with E-state index in [1.54, 1.807) is 0 Å². The zero-order valence-corrected chi connectivity index (χ0v) is 25.1. The molecule has 0 aliphatic carbocycles. The van der Waals surface area contributed by atoms with Gasteiger partial charge < -0.3 is 18.9 Å². The van der Waals surface area contributed by atoms with E-state index in [1.165, 1.54) is 36.4 Å². The van der Waals surface area contributed by atoms with E-state index in [2.05, 4.69) is 0 Å². The Kier molecular flexibility index (Phi) is 15.0. The predicted octanol–water partition coefficient (Wildman–Crippen LogP) is 6.75. The van der Waals surface area contributed by atoms with Gasteiger partial charge in [-0.25, -0.2) is 19.2 Å². The van der Waals surface area contributed by atoms with Crippen LogP contribution in [0.5, 0.6) is 0 Å². The third-order valence-corrected chi connectivity index (χ3v) is 6.37. The molecule has 0 saturated carbocycles. The van der Waals surface area contributed by atoms with Gasteiger partial charge in [-0.05, 0) is 49.9 Å². The molecule has 9 nitrogen and oxygen atoms in total. The van der Waals surface area contributed by atoms with E-state index in [-0.39, 0.29) is 59.8 Å². The van der Waals surface area contributed by atoms with Crippen LogP contribution in [0, 0.1) is 0 Å². The molecule has 0 aliphatic rings. The average Bonchev–Trinajstić information content (AvgIpc) is 3.00. The van der Waals surface area contributed by atoms with Gasteiger partial charge >= 0.3 is 23.9 Å². The number of ether oxygens (including phenoxy) is 4. The van der Waals surface area contributed by atoms with Crippen molar-refractivity contribution in [2.24, 2.45) is 0 Å². The van der Waals surface area contributed by atoms with Crippen LogP contribution in [-0.2, 0) is 18.9 Å². The first-order chi connectivity index (χ1) is 20.3. The van der Waals surface area contributed by atoms with Crippen molar-refractivity contribution in [3.8, 4) is 0 Å². The van der Waals surface area contributed by atoms with Gasteiger partial charge in [0, 0.05) is 11.1 Å². The van der Waals surface area contributed by atoms with E-state index >= 15 is 0 Å². The van der Waals surface area contributed by atoms with Gasteiger partial charge in [-0.3, -0.25) is 4.79 Å². The van der Waals surface area contributed by atoms with Crippen LogP contribution < -0.4 is 0 Å². The SMILES string of the molecule is CCCCOC(=O)c1ccc(C(=O)c2ccc(C(=O)OCCCC)c(C(=O)OCCCC)c2)cc1C(=O)OCCCC. The van der Waals surface area contributed by atoms with Gasteiger partial charge in [0.25, 0.3) is 0 Å². The normalized spacial score (nSPS) is 10.6. The Morgan fingerprint density at radius 1 is 0.452 bits per heavy atom. The van der Waals surface area contributed by atoms with Crippen LogP contribution in [0.15, 0.2) is 36.4 Å². The summed E-state index contributed by atoms with van der Waals surface area (Å²) >= 11 is 0. The number of hydrogen-bond acceptors (Lipinski definition) is 9. The highest BCUT2D eigenvalue weighted by molar-refractivity contribution is 6.13. The summed E-state index contributed by atoms with van der Waals surface area (Å²) in [5.41, 5.74) is -0.0104. The highest BCUT2D eigenvalue weighted by atomic mass is 16.5. The number of esters is 4. The minimum Gasteiger partial charge on any atom is -0.462 e. The zero-order valence-electron chi connectivity index (χ0n) is 25.1. The highest BCUT2D eigenvalue weighted by Gasteiger charge is 2.25. The first kappa shape index (κ1) is 34.2. The van der Waals surface area contributed by atoms with Gasteiger partial charge in [-0.2, -0.15) is 0 Å². The maximum atomic E-state index is 13.6. The van der Waals surface area contributed by atoms with Crippen molar-refractivity contribution in [1.82, 2.24) is 0 Å². The average molecular weight is 583 g/mol. The number of unbranched alkanes of at least 4 members (excludes halogenated alkanes) is 4. The molecular formula is C33H42O9. The Balaban J connectivity index is 2.47. The van der Waals surface area contributed by atoms with Gasteiger partial charge in [0.15, 0.2) is 5.78 Å². The summed E-state index contributed by atoms with van der Waals surface area (Å²) in [6, 6.07) is 8.12. The van der Waals surface area contributed by atoms with Crippen LogP contribution >= 0.6 is 0 Å². The molecule has 2 rings (SSSR count). The van der Waals surface area contributed by atoms with Crippen molar-refractivity contribution < 1.29 is 42.9 Å². The molecule has 42 heavy (non-hydrogen) atoms. The predicted molar refractivity (Wildman–Crippen MR) is 157 cm³/mol. The Labute approximate surface area is 247 Å². The molecule has 0 amide bonds. The quantitative estimate of drug-likeness (QED) is 0.0813. The Morgan fingerprint density at radius 3 is 1.02 bits per heavy atom. The van der Waals surface area contributed by atoms with Crippen molar-refractivity contribution in [2.45, 2.75) is 79.1 Å². The monoisotopic (exact) mass is 582 g/mol. The molecule has 0 bridgehead atoms. The van der Waals surface area contributed by atoms with E-state index in [4.69, 9.17) is 18.9 Å². The van der Waals surface area contributed by atoms with Gasteiger partial charge in [-0.15, -0.1) is 0 Å². The topological polar surface area (TPSA) is 122 Å². The molecule has 0 unspecified atom stereocenters. The largest absolute Gasteiger partial charge is 0.462 e. The van der Waals surface area contributed by atoms with Gasteiger partial charge in [-0.1, -0.05) is 65.5 Å². The van der Waals surface area contributed by atoms with Crippen LogP contribution in [-0.4, -0.2) is 56.1 Å². The van der Waals surface area contributed by atoms with Crippen LogP contribution in [0.2, 0.25) is 0 Å². The number of hydrogen-bond donors (Lipinski definition) is 0. The Morgan fingerprint density at radius 2 is 0.738 bits per heavy atom. The van der Waals surface area contributed by atoms with Crippen molar-refractivity contribution in [1.29, 1.82) is 0 Å². The lowest BCUT2D eigenvalue weighted by Crippen LogP contribution is -2.18. The smallest absolute Gasteiger partial charge is 0.339 e. The molecule has 0 N–H and O–H groups in total. The zero-order chi connectivity index (χ0) is 30.9. The van der Waals surface area contributed by atoms with Crippen molar-refractivity contribution in [3.05, 3.63) is 69.8 Å². The molecule has 0 fully saturated rings. The third kappa shape index (κ3) is 10.1. The number of benzene rings is 2. The second-order valence-electron chi connectivity index (χ2n) is 9.81. The summed E-state index contributed by atoms with van der Waals surface area (Å²) in [5.74, 6) is -3.39. The summed E-state index contributed by atoms with van der Waals surface area (Å²) in [6.07, 6.45) is 5.90. The minimum absolute atomic E-state index is 0.00508. The van der Waals surface area contributed by atoms with Crippen molar-refractivity contribution in [3.63, 3.8) is 0 Å². The Bertz CT molecular complexity index is 1140. The number of rotatable bonds is 18. The van der Waals surface area contributed by atoms with Crippen molar-refractivity contribution >= 4 is 29.7 Å². The fraction of sp³-hybridized carbons (Fsp3) is 0.485. The summed E-state index contributed by atoms with van der Waals surface area (Å²) in [7, 11) is 0. The lowest BCUT2D eigenvalue weighted by molar-refractivity contribution is 0.0452. The molecule has 0 radical (unpaired) electrons. The lowest BCUT2D eigenvalue weighted by Gasteiger charge is -2.13. The minimum atomic E-state index is -0.745. The van der Waals surface area contributed by atoms with Crippen LogP contribution in [0.1, 0.15) is 136 Å². The molecule has 0 saturated heterocycles. The van der Waals surface area contributed by atoms with E-state index in [0.29, 0.717) is 25.7 Å². The maximum Gasteiger partial charge on any atom is 0.339 e. The maximum absolute atomic E-state index is 13.6. The highest BCUT2D eigenvalue weighted by Crippen LogP contribution is 2.22. The van der Waals surface area contributed by atoms with E-state index in [0.717, 1.165) is 25.7 Å². The van der Waals surface area contributed by atoms with E-state index in [1.807, 2.05) is 27.7 Å². The number of carbonyl (C=O) groups is 5. The second kappa shape index (κ2) is 18.4. The molecule has 2 aromatic rings. The summed E-state index contributed by atoms with van der Waals surface area (Å²) in [6.45, 7) is 8.55. The number of carbonyl (C=O) groups excluding carboxylic acids is 5. The van der Waals surface area contributed by atoms with Crippen LogP contribution in [0.25, 0.3) is 0 Å². The molecule has 9 heteroatoms. The molecule has 228 valence electrons. The molecule has 0 atom stereocenters. The van der Waals surface area contributed by atoms with E-state index < -0.39 is 29.7 Å². The summed E-state index contributed by atoms with van der Waals surface area (Å²) < 4.78 is 21.3. The molecule has 0 aromatic heterocycles. The first-order valence-corrected chi connectivity index (χ1v) is 14.8. The van der Waals surface area contributed by atoms with Gasteiger partial charge in [0.05, 0.1) is 48.7 Å². The summed E-state index contributed by atoms with van der Waals surface area (Å²) in [4.78, 5) is 64.9. The second-order valence-corrected chi connectivity index (χ2v) is 9.81. The molecule has 2 aromatic carbocycles. The van der Waals surface area contributed by atoms with Crippen LogP contribution in [0.3, 0.4) is 0 Å². The number of ketones is 1. The first-order valence-electron chi connectivity index (χ1n) is 14.8. The van der Waals surface area contributed by atoms with Gasteiger partial charge in [0.1, 0.15) is 0 Å². The van der Waals surface area contributed by atoms with Crippen molar-refractivity contribution in [2.75, 3.05) is 26.4 Å². The molecular weight excluding hydrogens is 540 g/mol. The molecule has 0 heterocycles. The van der Waals surface area contributed by atoms with Gasteiger partial charge in [0.2, 0.25) is 0 Å². The third-order valence-electron chi connectivity index (χ3n) is 6.37. The van der Waals surface area contributed by atoms with Crippen LogP contribution in [0.4, 0.5) is 0 Å². The Hall–Kier alpha value is -4.01.